The maximum absolute atomic E-state index is 12.4. The molecule has 1 fully saturated rings. The molecule has 4 heterocycles. The number of benzene rings is 1. The summed E-state index contributed by atoms with van der Waals surface area (Å²) < 4.78 is 1.21. The number of fused-ring (bicyclic) bond motifs is 1. The smallest absolute Gasteiger partial charge is 0.252 e. The van der Waals surface area contributed by atoms with Gasteiger partial charge in [0.2, 0.25) is 5.91 Å². The highest BCUT2D eigenvalue weighted by Gasteiger charge is 2.18. The van der Waals surface area contributed by atoms with Gasteiger partial charge in [-0.1, -0.05) is 24.6 Å². The van der Waals surface area contributed by atoms with Crippen LogP contribution in [0.15, 0.2) is 60.2 Å². The van der Waals surface area contributed by atoms with Crippen molar-refractivity contribution in [2.24, 2.45) is 5.73 Å². The van der Waals surface area contributed by atoms with Crippen LogP contribution in [-0.2, 0) is 11.3 Å². The lowest BCUT2D eigenvalue weighted by molar-refractivity contribution is -0.118. The first-order valence-corrected chi connectivity index (χ1v) is 12.5. The van der Waals surface area contributed by atoms with E-state index in [4.69, 9.17) is 5.73 Å². The van der Waals surface area contributed by atoms with Crippen LogP contribution in [0.4, 0.5) is 23.0 Å². The first-order chi connectivity index (χ1) is 17.1. The number of carbonyl (C=O) groups is 2. The zero-order valence-corrected chi connectivity index (χ0v) is 20.0. The van der Waals surface area contributed by atoms with Gasteiger partial charge in [-0.15, -0.1) is 11.3 Å². The van der Waals surface area contributed by atoms with Crippen molar-refractivity contribution in [2.75, 3.05) is 22.1 Å². The molecule has 1 aromatic carbocycles. The fourth-order valence-electron chi connectivity index (χ4n) is 4.26. The summed E-state index contributed by atoms with van der Waals surface area (Å²) in [5.41, 5.74) is 8.43. The van der Waals surface area contributed by atoms with Crippen LogP contribution in [0.2, 0.25) is 0 Å². The van der Waals surface area contributed by atoms with Gasteiger partial charge in [0.15, 0.2) is 0 Å². The van der Waals surface area contributed by atoms with Crippen LogP contribution in [-0.4, -0.2) is 28.3 Å². The Labute approximate surface area is 207 Å². The molecule has 0 spiro atoms. The zero-order chi connectivity index (χ0) is 24.2. The highest BCUT2D eigenvalue weighted by molar-refractivity contribution is 7.17. The molecule has 35 heavy (non-hydrogen) atoms. The number of thiophene rings is 1. The Morgan fingerprint density at radius 3 is 2.77 bits per heavy atom. The van der Waals surface area contributed by atoms with Gasteiger partial charge in [-0.05, 0) is 47.4 Å². The minimum Gasteiger partial charge on any atom is -0.380 e. The first-order valence-electron chi connectivity index (χ1n) is 11.6. The second kappa shape index (κ2) is 10.1. The summed E-state index contributed by atoms with van der Waals surface area (Å²) in [5, 5.41) is 9.78. The molecule has 0 unspecified atom stereocenters. The highest BCUT2D eigenvalue weighted by atomic mass is 32.1. The van der Waals surface area contributed by atoms with Crippen molar-refractivity contribution in [1.82, 2.24) is 9.97 Å². The zero-order valence-electron chi connectivity index (χ0n) is 19.2. The summed E-state index contributed by atoms with van der Waals surface area (Å²) in [4.78, 5) is 35.0. The van der Waals surface area contributed by atoms with E-state index < -0.39 is 5.91 Å². The number of rotatable bonds is 7. The van der Waals surface area contributed by atoms with E-state index >= 15 is 0 Å². The van der Waals surface area contributed by atoms with Crippen molar-refractivity contribution in [2.45, 2.75) is 32.2 Å². The van der Waals surface area contributed by atoms with E-state index in [-0.39, 0.29) is 5.91 Å². The number of nitrogens with two attached hydrogens (primary N) is 1. The Bertz CT molecular complexity index is 1370. The third-order valence-corrected chi connectivity index (χ3v) is 7.09. The van der Waals surface area contributed by atoms with E-state index in [9.17, 15) is 9.59 Å². The predicted octanol–water partition coefficient (Wildman–Crippen LogP) is 5.05. The number of aromatic nitrogens is 2. The van der Waals surface area contributed by atoms with Crippen molar-refractivity contribution in [1.29, 1.82) is 0 Å². The Hall–Kier alpha value is -3.98. The number of nitrogens with zero attached hydrogens (tertiary/aromatic N) is 3. The van der Waals surface area contributed by atoms with E-state index in [1.165, 1.54) is 16.3 Å². The number of amides is 2. The molecule has 0 radical (unpaired) electrons. The van der Waals surface area contributed by atoms with Gasteiger partial charge in [-0.2, -0.15) is 0 Å². The SMILES string of the molecule is NC(=O)c1cnc(Nc2ccc(N3CCCCCC3=O)cn2)cc1NCc1cccc2ccsc12. The molecule has 4 aromatic rings. The molecule has 2 amide bonds. The van der Waals surface area contributed by atoms with Gasteiger partial charge in [-0.3, -0.25) is 9.59 Å². The summed E-state index contributed by atoms with van der Waals surface area (Å²) in [5.74, 6) is 0.704. The molecule has 0 bridgehead atoms. The van der Waals surface area contributed by atoms with Gasteiger partial charge in [0.05, 0.1) is 23.1 Å². The molecule has 1 aliphatic rings. The minimum absolute atomic E-state index is 0.141. The average molecular weight is 487 g/mol. The molecule has 0 aliphatic carbocycles. The van der Waals surface area contributed by atoms with E-state index in [1.807, 2.05) is 18.2 Å². The summed E-state index contributed by atoms with van der Waals surface area (Å²) in [7, 11) is 0. The molecule has 9 heteroatoms. The number of anilines is 4. The molecule has 3 aromatic heterocycles. The van der Waals surface area contributed by atoms with Crippen LogP contribution in [0.1, 0.15) is 41.6 Å². The molecule has 0 atom stereocenters. The van der Waals surface area contributed by atoms with Gasteiger partial charge in [0, 0.05) is 36.5 Å². The van der Waals surface area contributed by atoms with Crippen LogP contribution < -0.4 is 21.3 Å². The van der Waals surface area contributed by atoms with Crippen LogP contribution >= 0.6 is 11.3 Å². The third kappa shape index (κ3) is 5.09. The Balaban J connectivity index is 1.33. The quantitative estimate of drug-likeness (QED) is 0.337. The van der Waals surface area contributed by atoms with E-state index in [0.717, 1.165) is 37.1 Å². The number of primary amides is 1. The predicted molar refractivity (Wildman–Crippen MR) is 140 cm³/mol. The summed E-state index contributed by atoms with van der Waals surface area (Å²) in [6.07, 6.45) is 6.74. The monoisotopic (exact) mass is 486 g/mol. The minimum atomic E-state index is -0.550. The summed E-state index contributed by atoms with van der Waals surface area (Å²) in [6.45, 7) is 1.26. The van der Waals surface area contributed by atoms with Gasteiger partial charge in [-0.25, -0.2) is 9.97 Å². The number of pyridine rings is 2. The lowest BCUT2D eigenvalue weighted by atomic mass is 10.1. The average Bonchev–Trinajstić information content (AvgIpc) is 3.25. The van der Waals surface area contributed by atoms with Gasteiger partial charge in [0.25, 0.3) is 5.91 Å². The van der Waals surface area contributed by atoms with Crippen molar-refractivity contribution in [3.05, 3.63) is 71.4 Å². The van der Waals surface area contributed by atoms with Crippen LogP contribution in [0, 0.1) is 0 Å². The largest absolute Gasteiger partial charge is 0.380 e. The van der Waals surface area contributed by atoms with Crippen LogP contribution in [0.25, 0.3) is 10.1 Å². The van der Waals surface area contributed by atoms with E-state index in [1.54, 1.807) is 28.5 Å². The second-order valence-corrected chi connectivity index (χ2v) is 9.39. The van der Waals surface area contributed by atoms with Crippen molar-refractivity contribution < 1.29 is 9.59 Å². The van der Waals surface area contributed by atoms with Crippen LogP contribution in [0.3, 0.4) is 0 Å². The lowest BCUT2D eigenvalue weighted by Crippen LogP contribution is -2.30. The van der Waals surface area contributed by atoms with Crippen molar-refractivity contribution >= 4 is 56.2 Å². The Morgan fingerprint density at radius 1 is 1.06 bits per heavy atom. The fraction of sp³-hybridized carbons (Fsp3) is 0.231. The molecule has 178 valence electrons. The normalized spacial score (nSPS) is 14.1. The third-order valence-electron chi connectivity index (χ3n) is 6.09. The van der Waals surface area contributed by atoms with Gasteiger partial charge < -0.3 is 21.3 Å². The molecule has 1 aliphatic heterocycles. The number of hydrogen-bond acceptors (Lipinski definition) is 7. The van der Waals surface area contributed by atoms with E-state index in [0.29, 0.717) is 35.9 Å². The van der Waals surface area contributed by atoms with Crippen LogP contribution in [0.5, 0.6) is 0 Å². The Kier molecular flexibility index (Phi) is 6.58. The summed E-state index contributed by atoms with van der Waals surface area (Å²) in [6, 6.07) is 13.7. The second-order valence-electron chi connectivity index (χ2n) is 8.47. The molecule has 0 saturated carbocycles. The van der Waals surface area contributed by atoms with Gasteiger partial charge >= 0.3 is 0 Å². The standard InChI is InChI=1S/C26H26N6O2S/c27-26(34)20-16-30-23(13-21(20)28-14-18-6-4-5-17-10-12-35-25(17)18)31-22-9-8-19(15-29-22)32-11-3-1-2-7-24(32)33/h4-6,8-10,12-13,15-16H,1-3,7,11,14H2,(H2,27,34)(H2,28,29,30,31). The molecule has 5 rings (SSSR count). The maximum Gasteiger partial charge on any atom is 0.252 e. The van der Waals surface area contributed by atoms with Gasteiger partial charge in [0.1, 0.15) is 11.6 Å². The first kappa shape index (κ1) is 22.8. The molecule has 8 nitrogen and oxygen atoms in total. The number of nitrogens with one attached hydrogen (secondary N) is 2. The number of hydrogen-bond donors (Lipinski definition) is 3. The highest BCUT2D eigenvalue weighted by Crippen LogP contribution is 2.27. The topological polar surface area (TPSA) is 113 Å². The summed E-state index contributed by atoms with van der Waals surface area (Å²) >= 11 is 1.69. The van der Waals surface area contributed by atoms with Crippen molar-refractivity contribution in [3.8, 4) is 0 Å². The van der Waals surface area contributed by atoms with E-state index in [2.05, 4.69) is 44.2 Å². The molecular weight excluding hydrogens is 460 g/mol. The molecule has 4 N–H and O–H groups in total. The van der Waals surface area contributed by atoms with Crippen molar-refractivity contribution in [3.63, 3.8) is 0 Å². The molecule has 1 saturated heterocycles. The molecular formula is C26H26N6O2S. The maximum atomic E-state index is 12.4. The number of carbonyl (C=O) groups excluding carboxylic acids is 2. The fourth-order valence-corrected chi connectivity index (χ4v) is 5.17. The lowest BCUT2D eigenvalue weighted by Gasteiger charge is -2.20. The Morgan fingerprint density at radius 2 is 1.94 bits per heavy atom.